The highest BCUT2D eigenvalue weighted by Crippen LogP contribution is 2.25. The Morgan fingerprint density at radius 3 is 2.60 bits per heavy atom. The van der Waals surface area contributed by atoms with Gasteiger partial charge in [-0.05, 0) is 12.1 Å². The molecular weight excluding hydrogens is 390 g/mol. The number of amides is 1. The van der Waals surface area contributed by atoms with Gasteiger partial charge in [0.05, 0.1) is 17.6 Å². The van der Waals surface area contributed by atoms with Crippen LogP contribution in [0, 0.1) is 12.1 Å². The molecule has 0 aliphatic heterocycles. The van der Waals surface area contributed by atoms with E-state index in [1.165, 1.54) is 47.8 Å². The summed E-state index contributed by atoms with van der Waals surface area (Å²) in [5, 5.41) is 20.3. The molecule has 0 radical (unpaired) electrons. The number of carbonyl (C=O) groups excluding carboxylic acids is 1. The molecule has 0 bridgehead atoms. The Balaban J connectivity index is 1.55. The summed E-state index contributed by atoms with van der Waals surface area (Å²) in [7, 11) is 2.86. The molecule has 30 heavy (non-hydrogen) atoms. The van der Waals surface area contributed by atoms with Crippen molar-refractivity contribution >= 4 is 22.9 Å². The lowest BCUT2D eigenvalue weighted by atomic mass is 10.1. The average molecular weight is 405 g/mol. The second-order valence-corrected chi connectivity index (χ2v) is 6.48. The van der Waals surface area contributed by atoms with Crippen molar-refractivity contribution in [2.75, 3.05) is 5.32 Å². The number of aromatic nitrogens is 6. The molecule has 0 unspecified atom stereocenters. The molecule has 11 nitrogen and oxygen atoms in total. The van der Waals surface area contributed by atoms with Gasteiger partial charge < -0.3 is 15.0 Å². The number of fused-ring (bicyclic) bond motifs is 1. The number of nitrogens with zero attached hydrogens (tertiary/aromatic N) is 6. The summed E-state index contributed by atoms with van der Waals surface area (Å²) >= 11 is 0. The van der Waals surface area contributed by atoms with E-state index in [2.05, 4.69) is 32.6 Å². The van der Waals surface area contributed by atoms with E-state index in [1.54, 1.807) is 6.07 Å². The molecule has 0 atom stereocenters. The van der Waals surface area contributed by atoms with Crippen LogP contribution in [-0.4, -0.2) is 39.9 Å². The van der Waals surface area contributed by atoms with Gasteiger partial charge in [-0.25, -0.2) is 9.78 Å². The fourth-order valence-corrected chi connectivity index (χ4v) is 2.98. The maximum atomic E-state index is 12.4. The zero-order chi connectivity index (χ0) is 21.4. The first-order valence-corrected chi connectivity index (χ1v) is 8.72. The molecule has 0 aliphatic carbocycles. The quantitative estimate of drug-likeness (QED) is 0.481. The smallest absolute Gasteiger partial charge is 0.332 e. The molecule has 4 aromatic rings. The van der Waals surface area contributed by atoms with Crippen LogP contribution in [0.25, 0.3) is 22.4 Å². The largest absolute Gasteiger partial charge is 0.507 e. The first-order valence-electron chi connectivity index (χ1n) is 8.72. The summed E-state index contributed by atoms with van der Waals surface area (Å²) in [5.41, 5.74) is 0.128. The summed E-state index contributed by atoms with van der Waals surface area (Å²) in [6, 6.07) is 11.4. The topological polar surface area (TPSA) is 137 Å². The lowest BCUT2D eigenvalue weighted by Gasteiger charge is -2.08. The molecule has 11 heteroatoms. The summed E-state index contributed by atoms with van der Waals surface area (Å²) in [5.74, 6) is -0.278. The van der Waals surface area contributed by atoms with E-state index >= 15 is 0 Å². The van der Waals surface area contributed by atoms with Crippen molar-refractivity contribution in [1.82, 2.24) is 28.9 Å². The Morgan fingerprint density at radius 2 is 1.90 bits per heavy atom. The van der Waals surface area contributed by atoms with Gasteiger partial charge in [-0.3, -0.25) is 18.7 Å². The Bertz CT molecular complexity index is 1380. The maximum Gasteiger partial charge on any atom is 0.332 e. The standard InChI is InChI=1S/C19H15N7O4/c1-24-17-16(18(29)25(2)19(24)30)26(10-20-17)9-15(28)21-14-8-7-12(22-23-14)11-5-3-4-6-13(11)27/h5-8,10,27H,9H2,1-2H3,(H,21,23,28). The number of carbonyl (C=O) groups is 1. The van der Waals surface area contributed by atoms with Gasteiger partial charge >= 0.3 is 5.69 Å². The van der Waals surface area contributed by atoms with Crippen molar-refractivity contribution in [3.05, 3.63) is 63.6 Å². The van der Waals surface area contributed by atoms with Crippen LogP contribution in [-0.2, 0) is 25.4 Å². The predicted octanol–water partition coefficient (Wildman–Crippen LogP) is -0.165. The number of nitrogens with one attached hydrogen (secondary N) is 1. The number of imidazole rings is 1. The predicted molar refractivity (Wildman–Crippen MR) is 106 cm³/mol. The van der Waals surface area contributed by atoms with Crippen molar-refractivity contribution in [3.63, 3.8) is 0 Å². The molecule has 1 amide bonds. The van der Waals surface area contributed by atoms with Gasteiger partial charge in [0.15, 0.2) is 17.0 Å². The Morgan fingerprint density at radius 1 is 1.13 bits per heavy atom. The van der Waals surface area contributed by atoms with Crippen molar-refractivity contribution in [3.8, 4) is 17.0 Å². The lowest BCUT2D eigenvalue weighted by Crippen LogP contribution is -2.37. The lowest BCUT2D eigenvalue weighted by molar-refractivity contribution is -0.116. The van der Waals surface area contributed by atoms with Crippen molar-refractivity contribution in [1.29, 1.82) is 0 Å². The fraction of sp³-hybridized carbons (Fsp3) is 0.158. The second-order valence-electron chi connectivity index (χ2n) is 6.48. The minimum Gasteiger partial charge on any atom is -0.507 e. The zero-order valence-corrected chi connectivity index (χ0v) is 15.9. The molecule has 0 fully saturated rings. The molecule has 150 valence electrons. The third-order valence-corrected chi connectivity index (χ3v) is 4.52. The normalized spacial score (nSPS) is 10.7. The van der Waals surface area contributed by atoms with E-state index in [-0.39, 0.29) is 29.3 Å². The highest BCUT2D eigenvalue weighted by Gasteiger charge is 2.16. The fourth-order valence-electron chi connectivity index (χ4n) is 2.98. The molecule has 3 aromatic heterocycles. The third kappa shape index (κ3) is 3.16. The second kappa shape index (κ2) is 7.17. The van der Waals surface area contributed by atoms with Crippen LogP contribution in [0.2, 0.25) is 0 Å². The van der Waals surface area contributed by atoms with Gasteiger partial charge in [0.1, 0.15) is 12.3 Å². The van der Waals surface area contributed by atoms with Crippen molar-refractivity contribution in [2.45, 2.75) is 6.54 Å². The van der Waals surface area contributed by atoms with Crippen LogP contribution in [0.1, 0.15) is 0 Å². The number of aromatic hydroxyl groups is 1. The Kier molecular flexibility index (Phi) is 4.51. The van der Waals surface area contributed by atoms with Crippen LogP contribution in [0.5, 0.6) is 5.75 Å². The first kappa shape index (κ1) is 18.9. The maximum absolute atomic E-state index is 12.4. The van der Waals surface area contributed by atoms with Gasteiger partial charge in [0.2, 0.25) is 5.91 Å². The zero-order valence-electron chi connectivity index (χ0n) is 15.9. The molecule has 0 saturated carbocycles. The van der Waals surface area contributed by atoms with E-state index < -0.39 is 17.2 Å². The van der Waals surface area contributed by atoms with Crippen LogP contribution in [0.3, 0.4) is 0 Å². The van der Waals surface area contributed by atoms with E-state index in [4.69, 9.17) is 0 Å². The minimum absolute atomic E-state index is 0.0113. The Hall–Kier alpha value is -4.46. The van der Waals surface area contributed by atoms with Crippen molar-refractivity contribution < 1.29 is 9.90 Å². The molecule has 0 saturated heterocycles. The number of rotatable bonds is 4. The van der Waals surface area contributed by atoms with Gasteiger partial charge in [0, 0.05) is 26.2 Å². The molecule has 2 N–H and O–H groups in total. The van der Waals surface area contributed by atoms with Gasteiger partial charge in [0.25, 0.3) is 5.56 Å². The van der Waals surface area contributed by atoms with Gasteiger partial charge in [-0.1, -0.05) is 12.1 Å². The number of hydrogen-bond donors (Lipinski definition) is 2. The molecule has 3 heterocycles. The summed E-state index contributed by atoms with van der Waals surface area (Å²) in [6.45, 7) is -0.211. The first-order chi connectivity index (χ1) is 14.4. The van der Waals surface area contributed by atoms with E-state index in [9.17, 15) is 19.5 Å². The van der Waals surface area contributed by atoms with Gasteiger partial charge in [-0.2, -0.15) is 0 Å². The van der Waals surface area contributed by atoms with Crippen LogP contribution in [0.4, 0.5) is 5.82 Å². The molecule has 1 aromatic carbocycles. The number of aryl methyl sites for hydroxylation is 1. The molecule has 4 rings (SSSR count). The van der Waals surface area contributed by atoms with Crippen LogP contribution in [0.15, 0.2) is 40.2 Å². The number of anilines is 1. The molecular formula is C19H15N7O4. The Labute approximate surface area is 168 Å². The number of hydrogen-bond acceptors (Lipinski definition) is 7. The van der Waals surface area contributed by atoms with E-state index in [1.807, 2.05) is 0 Å². The average Bonchev–Trinajstić information content (AvgIpc) is 3.15. The van der Waals surface area contributed by atoms with Crippen molar-refractivity contribution in [2.24, 2.45) is 14.1 Å². The monoisotopic (exact) mass is 405 g/mol. The highest BCUT2D eigenvalue weighted by molar-refractivity contribution is 5.90. The SMILES string of the molecule is Cn1c(=O)c2c(ncn2CC(=O)Nc2ccc(-c3cc#ccc3O)nn2)n(C)c1=O. The van der Waals surface area contributed by atoms with E-state index in [0.29, 0.717) is 11.3 Å². The molecule has 0 spiro atoms. The summed E-state index contributed by atoms with van der Waals surface area (Å²) in [6.07, 6.45) is 1.32. The summed E-state index contributed by atoms with van der Waals surface area (Å²) in [4.78, 5) is 40.9. The van der Waals surface area contributed by atoms with Gasteiger partial charge in [-0.15, -0.1) is 10.2 Å². The minimum atomic E-state index is -0.542. The van der Waals surface area contributed by atoms with Crippen LogP contribution < -0.4 is 16.6 Å². The summed E-state index contributed by atoms with van der Waals surface area (Å²) < 4.78 is 3.56. The highest BCUT2D eigenvalue weighted by atomic mass is 16.3. The third-order valence-electron chi connectivity index (χ3n) is 4.52. The van der Waals surface area contributed by atoms with E-state index in [0.717, 1.165) is 4.57 Å². The molecule has 0 aliphatic rings. The van der Waals surface area contributed by atoms with Crippen LogP contribution >= 0.6 is 0 Å².